The van der Waals surface area contributed by atoms with Gasteiger partial charge in [-0.05, 0) is 55.7 Å². The van der Waals surface area contributed by atoms with Crippen molar-refractivity contribution >= 4 is 33.3 Å². The van der Waals surface area contributed by atoms with Gasteiger partial charge in [-0.1, -0.05) is 29.8 Å². The van der Waals surface area contributed by atoms with E-state index in [0.29, 0.717) is 23.4 Å². The Kier molecular flexibility index (Phi) is 5.44. The molecule has 0 aromatic heterocycles. The van der Waals surface area contributed by atoms with Crippen molar-refractivity contribution in [2.24, 2.45) is 0 Å². The van der Waals surface area contributed by atoms with E-state index in [4.69, 9.17) is 11.6 Å². The minimum Gasteiger partial charge on any atom is -0.277 e. The maximum absolute atomic E-state index is 13.0. The van der Waals surface area contributed by atoms with Crippen LogP contribution in [0.1, 0.15) is 29.6 Å². The van der Waals surface area contributed by atoms with Crippen LogP contribution >= 0.6 is 11.6 Å². The Balaban J connectivity index is 1.93. The molecule has 1 atom stereocenters. The van der Waals surface area contributed by atoms with Crippen molar-refractivity contribution in [2.75, 3.05) is 6.54 Å². The predicted octanol–water partition coefficient (Wildman–Crippen LogP) is 3.34. The quantitative estimate of drug-likeness (QED) is 0.752. The standard InChI is InChI=1S/C19H18ClNO4S/c20-15-9-11-16(12-10-15)26(24,25)17-8-4-5-13-21(19(17)23)18(22)14-6-2-1-3-7-14/h1-3,6-7,9-12,17H,4-5,8,13H2. The Morgan fingerprint density at radius 1 is 1.00 bits per heavy atom. The van der Waals surface area contributed by atoms with Gasteiger partial charge in [0.25, 0.3) is 5.91 Å². The number of amides is 2. The second-order valence-electron chi connectivity index (χ2n) is 6.14. The molecule has 1 heterocycles. The second kappa shape index (κ2) is 7.60. The van der Waals surface area contributed by atoms with E-state index in [0.717, 1.165) is 4.90 Å². The molecule has 1 unspecified atom stereocenters. The molecule has 1 aliphatic heterocycles. The van der Waals surface area contributed by atoms with Crippen molar-refractivity contribution in [3.05, 3.63) is 65.2 Å². The minimum atomic E-state index is -3.90. The van der Waals surface area contributed by atoms with Crippen LogP contribution in [0, 0.1) is 0 Å². The van der Waals surface area contributed by atoms with Crippen molar-refractivity contribution in [3.63, 3.8) is 0 Å². The lowest BCUT2D eigenvalue weighted by Gasteiger charge is -2.23. The summed E-state index contributed by atoms with van der Waals surface area (Å²) in [5, 5.41) is -0.851. The van der Waals surface area contributed by atoms with E-state index in [-0.39, 0.29) is 17.9 Å². The fourth-order valence-corrected chi connectivity index (χ4v) is 4.86. The smallest absolute Gasteiger partial charge is 0.260 e. The highest BCUT2D eigenvalue weighted by Gasteiger charge is 2.40. The van der Waals surface area contributed by atoms with Gasteiger partial charge >= 0.3 is 0 Å². The monoisotopic (exact) mass is 391 g/mol. The van der Waals surface area contributed by atoms with Gasteiger partial charge in [0.15, 0.2) is 9.84 Å². The molecule has 0 bridgehead atoms. The molecule has 0 aliphatic carbocycles. The van der Waals surface area contributed by atoms with Gasteiger partial charge in [-0.15, -0.1) is 0 Å². The average molecular weight is 392 g/mol. The maximum atomic E-state index is 13.0. The lowest BCUT2D eigenvalue weighted by Crippen LogP contribution is -2.45. The summed E-state index contributed by atoms with van der Waals surface area (Å²) in [6, 6.07) is 14.1. The number of carbonyl (C=O) groups excluding carboxylic acids is 2. The predicted molar refractivity (Wildman–Crippen MR) is 98.8 cm³/mol. The lowest BCUT2D eigenvalue weighted by atomic mass is 10.2. The van der Waals surface area contributed by atoms with E-state index in [1.54, 1.807) is 30.3 Å². The van der Waals surface area contributed by atoms with Crippen LogP contribution in [-0.4, -0.2) is 36.9 Å². The number of likely N-dealkylation sites (tertiary alicyclic amines) is 1. The van der Waals surface area contributed by atoms with Crippen LogP contribution in [-0.2, 0) is 14.6 Å². The van der Waals surface area contributed by atoms with Gasteiger partial charge in [-0.25, -0.2) is 8.42 Å². The molecule has 0 radical (unpaired) electrons. The first-order valence-corrected chi connectivity index (χ1v) is 10.2. The summed E-state index contributed by atoms with van der Waals surface area (Å²) in [7, 11) is -3.90. The van der Waals surface area contributed by atoms with Gasteiger partial charge in [0.05, 0.1) is 4.90 Å². The third-order valence-corrected chi connectivity index (χ3v) is 6.79. The number of nitrogens with zero attached hydrogens (tertiary/aromatic N) is 1. The molecular weight excluding hydrogens is 374 g/mol. The summed E-state index contributed by atoms with van der Waals surface area (Å²) in [5.41, 5.74) is 0.366. The van der Waals surface area contributed by atoms with E-state index >= 15 is 0 Å². The highest BCUT2D eigenvalue weighted by molar-refractivity contribution is 7.92. The van der Waals surface area contributed by atoms with Gasteiger partial charge in [-0.3, -0.25) is 14.5 Å². The summed E-state index contributed by atoms with van der Waals surface area (Å²) >= 11 is 5.82. The Morgan fingerprint density at radius 3 is 2.31 bits per heavy atom. The van der Waals surface area contributed by atoms with Crippen LogP contribution in [0.5, 0.6) is 0 Å². The summed E-state index contributed by atoms with van der Waals surface area (Å²) < 4.78 is 25.9. The van der Waals surface area contributed by atoms with E-state index < -0.39 is 26.9 Å². The average Bonchev–Trinajstić information content (AvgIpc) is 2.84. The number of carbonyl (C=O) groups is 2. The number of benzene rings is 2. The topological polar surface area (TPSA) is 71.5 Å². The van der Waals surface area contributed by atoms with Gasteiger partial charge < -0.3 is 0 Å². The fraction of sp³-hybridized carbons (Fsp3) is 0.263. The highest BCUT2D eigenvalue weighted by atomic mass is 35.5. The molecule has 1 fully saturated rings. The van der Waals surface area contributed by atoms with Gasteiger partial charge in [-0.2, -0.15) is 0 Å². The molecular formula is C19H18ClNO4S. The molecule has 5 nitrogen and oxygen atoms in total. The molecule has 1 aliphatic rings. The van der Waals surface area contributed by atoms with Crippen molar-refractivity contribution < 1.29 is 18.0 Å². The summed E-state index contributed by atoms with van der Waals surface area (Å²) in [5.74, 6) is -1.12. The number of hydrogen-bond acceptors (Lipinski definition) is 4. The second-order valence-corrected chi connectivity index (χ2v) is 8.71. The van der Waals surface area contributed by atoms with Crippen molar-refractivity contribution in [1.82, 2.24) is 4.90 Å². The first-order chi connectivity index (χ1) is 12.4. The molecule has 2 aromatic rings. The normalized spacial score (nSPS) is 18.4. The van der Waals surface area contributed by atoms with Gasteiger partial charge in [0.1, 0.15) is 5.25 Å². The van der Waals surface area contributed by atoms with Crippen LogP contribution in [0.4, 0.5) is 0 Å². The number of hydrogen-bond donors (Lipinski definition) is 0. The zero-order valence-corrected chi connectivity index (χ0v) is 15.5. The van der Waals surface area contributed by atoms with Crippen LogP contribution in [0.2, 0.25) is 5.02 Å². The first-order valence-electron chi connectivity index (χ1n) is 8.31. The maximum Gasteiger partial charge on any atom is 0.260 e. The number of rotatable bonds is 3. The number of sulfone groups is 1. The summed E-state index contributed by atoms with van der Waals surface area (Å²) in [4.78, 5) is 26.8. The van der Waals surface area contributed by atoms with E-state index in [1.807, 2.05) is 0 Å². The van der Waals surface area contributed by atoms with E-state index in [1.165, 1.54) is 24.3 Å². The van der Waals surface area contributed by atoms with E-state index in [2.05, 4.69) is 0 Å². The van der Waals surface area contributed by atoms with Crippen molar-refractivity contribution in [2.45, 2.75) is 29.4 Å². The third kappa shape index (κ3) is 3.66. The highest BCUT2D eigenvalue weighted by Crippen LogP contribution is 2.26. The van der Waals surface area contributed by atoms with Crippen molar-refractivity contribution in [1.29, 1.82) is 0 Å². The van der Waals surface area contributed by atoms with Gasteiger partial charge in [0, 0.05) is 17.1 Å². The Bertz CT molecular complexity index is 910. The van der Waals surface area contributed by atoms with Gasteiger partial charge in [0.2, 0.25) is 5.91 Å². The molecule has 3 rings (SSSR count). The zero-order valence-electron chi connectivity index (χ0n) is 14.0. The molecule has 0 N–H and O–H groups in total. The first kappa shape index (κ1) is 18.6. The third-order valence-electron chi connectivity index (χ3n) is 4.42. The summed E-state index contributed by atoms with van der Waals surface area (Å²) in [6.45, 7) is 0.221. The summed E-state index contributed by atoms with van der Waals surface area (Å²) in [6.07, 6.45) is 1.33. The molecule has 26 heavy (non-hydrogen) atoms. The Labute approximate surface area is 157 Å². The largest absolute Gasteiger partial charge is 0.277 e. The van der Waals surface area contributed by atoms with Crippen LogP contribution in [0.15, 0.2) is 59.5 Å². The zero-order chi connectivity index (χ0) is 18.7. The molecule has 2 aromatic carbocycles. The minimum absolute atomic E-state index is 0.0364. The fourth-order valence-electron chi connectivity index (χ4n) is 3.02. The van der Waals surface area contributed by atoms with Crippen LogP contribution < -0.4 is 0 Å². The number of halogens is 1. The Morgan fingerprint density at radius 2 is 1.65 bits per heavy atom. The molecule has 136 valence electrons. The number of imide groups is 1. The van der Waals surface area contributed by atoms with Crippen LogP contribution in [0.3, 0.4) is 0 Å². The van der Waals surface area contributed by atoms with Crippen LogP contribution in [0.25, 0.3) is 0 Å². The van der Waals surface area contributed by atoms with Crippen molar-refractivity contribution in [3.8, 4) is 0 Å². The van der Waals surface area contributed by atoms with E-state index in [9.17, 15) is 18.0 Å². The molecule has 0 spiro atoms. The molecule has 7 heteroatoms. The molecule has 1 saturated heterocycles. The molecule has 0 saturated carbocycles. The lowest BCUT2D eigenvalue weighted by molar-refractivity contribution is -0.127. The SMILES string of the molecule is O=C(c1ccccc1)N1CCCCC(S(=O)(=O)c2ccc(Cl)cc2)C1=O. The Hall–Kier alpha value is -2.18. The molecule has 2 amide bonds.